The number of piperazine rings is 1. The monoisotopic (exact) mass is 234 g/mol. The van der Waals surface area contributed by atoms with E-state index in [-0.39, 0.29) is 0 Å². The molecule has 1 aromatic rings. The zero-order valence-corrected chi connectivity index (χ0v) is 10.4. The minimum atomic E-state index is -1.38. The number of hydrogen-bond acceptors (Lipinski definition) is 4. The van der Waals surface area contributed by atoms with Crippen molar-refractivity contribution in [3.05, 3.63) is 23.8 Å². The van der Waals surface area contributed by atoms with Crippen LogP contribution in [0, 0.1) is 6.92 Å². The molecular formula is C12H19BN2O2. The molecule has 4 nitrogen and oxygen atoms in total. The first-order valence-electron chi connectivity index (χ1n) is 5.98. The van der Waals surface area contributed by atoms with Gasteiger partial charge >= 0.3 is 7.12 Å². The second-order valence-electron chi connectivity index (χ2n) is 4.71. The minimum absolute atomic E-state index is 0.556. The topological polar surface area (TPSA) is 46.9 Å². The Morgan fingerprint density at radius 2 is 1.76 bits per heavy atom. The largest absolute Gasteiger partial charge is 0.488 e. The van der Waals surface area contributed by atoms with Gasteiger partial charge in [0.15, 0.2) is 0 Å². The van der Waals surface area contributed by atoms with Crippen LogP contribution in [0.15, 0.2) is 18.2 Å². The van der Waals surface area contributed by atoms with Crippen molar-refractivity contribution in [3.8, 4) is 0 Å². The van der Waals surface area contributed by atoms with E-state index >= 15 is 0 Å². The number of rotatable bonds is 2. The van der Waals surface area contributed by atoms with Gasteiger partial charge in [0.2, 0.25) is 0 Å². The number of benzene rings is 1. The third kappa shape index (κ3) is 2.80. The highest BCUT2D eigenvalue weighted by Gasteiger charge is 2.17. The van der Waals surface area contributed by atoms with Gasteiger partial charge in [-0.05, 0) is 31.1 Å². The normalized spacial score (nSPS) is 17.3. The lowest BCUT2D eigenvalue weighted by molar-refractivity contribution is 0.312. The Bertz CT molecular complexity index is 390. The zero-order chi connectivity index (χ0) is 12.4. The van der Waals surface area contributed by atoms with Crippen LogP contribution in [0.4, 0.5) is 5.69 Å². The fourth-order valence-electron chi connectivity index (χ4n) is 2.24. The third-order valence-corrected chi connectivity index (χ3v) is 3.36. The summed E-state index contributed by atoms with van der Waals surface area (Å²) >= 11 is 0. The standard InChI is InChI=1S/C12H19BN2O2/c1-10-9-11(13(16)17)3-4-12(10)15-7-5-14(2)6-8-15/h3-4,9,16-17H,5-8H2,1-2H3. The van der Waals surface area contributed by atoms with Crippen molar-refractivity contribution in [3.63, 3.8) is 0 Å². The van der Waals surface area contributed by atoms with Crippen molar-refractivity contribution in [1.29, 1.82) is 0 Å². The summed E-state index contributed by atoms with van der Waals surface area (Å²) in [4.78, 5) is 4.67. The second kappa shape index (κ2) is 5.08. The number of nitrogens with zero attached hydrogens (tertiary/aromatic N) is 2. The van der Waals surface area contributed by atoms with Crippen LogP contribution in [0.1, 0.15) is 5.56 Å². The quantitative estimate of drug-likeness (QED) is 0.672. The van der Waals surface area contributed by atoms with Gasteiger partial charge in [0, 0.05) is 31.9 Å². The number of likely N-dealkylation sites (N-methyl/N-ethyl adjacent to an activating group) is 1. The summed E-state index contributed by atoms with van der Waals surface area (Å²) in [5.41, 5.74) is 2.85. The van der Waals surface area contributed by atoms with Crippen LogP contribution in [-0.4, -0.2) is 55.3 Å². The number of aryl methyl sites for hydroxylation is 1. The van der Waals surface area contributed by atoms with E-state index in [2.05, 4.69) is 16.8 Å². The van der Waals surface area contributed by atoms with E-state index in [0.717, 1.165) is 31.7 Å². The van der Waals surface area contributed by atoms with E-state index < -0.39 is 7.12 Å². The SMILES string of the molecule is Cc1cc(B(O)O)ccc1N1CCN(C)CC1. The molecule has 0 atom stereocenters. The molecular weight excluding hydrogens is 215 g/mol. The molecule has 1 heterocycles. The third-order valence-electron chi connectivity index (χ3n) is 3.36. The number of anilines is 1. The molecule has 2 rings (SSSR count). The average Bonchev–Trinajstić information content (AvgIpc) is 2.30. The van der Waals surface area contributed by atoms with Crippen LogP contribution < -0.4 is 10.4 Å². The molecule has 92 valence electrons. The Labute approximate surface area is 103 Å². The fourth-order valence-corrected chi connectivity index (χ4v) is 2.24. The maximum absolute atomic E-state index is 9.12. The van der Waals surface area contributed by atoms with Gasteiger partial charge in [-0.2, -0.15) is 0 Å². The fraction of sp³-hybridized carbons (Fsp3) is 0.500. The molecule has 5 heteroatoms. The molecule has 1 saturated heterocycles. The first-order valence-corrected chi connectivity index (χ1v) is 5.98. The molecule has 0 bridgehead atoms. The van der Waals surface area contributed by atoms with E-state index in [4.69, 9.17) is 10.0 Å². The second-order valence-corrected chi connectivity index (χ2v) is 4.71. The van der Waals surface area contributed by atoms with Crippen LogP contribution in [0.25, 0.3) is 0 Å². The van der Waals surface area contributed by atoms with Gasteiger partial charge in [-0.25, -0.2) is 0 Å². The zero-order valence-electron chi connectivity index (χ0n) is 10.4. The van der Waals surface area contributed by atoms with Gasteiger partial charge in [-0.3, -0.25) is 0 Å². The Morgan fingerprint density at radius 3 is 2.29 bits per heavy atom. The molecule has 1 fully saturated rings. The van der Waals surface area contributed by atoms with Gasteiger partial charge in [0.05, 0.1) is 0 Å². The molecule has 1 aliphatic heterocycles. The van der Waals surface area contributed by atoms with E-state index in [1.807, 2.05) is 19.1 Å². The van der Waals surface area contributed by atoms with Gasteiger partial charge < -0.3 is 19.8 Å². The smallest absolute Gasteiger partial charge is 0.423 e. The summed E-state index contributed by atoms with van der Waals surface area (Å²) in [5.74, 6) is 0. The summed E-state index contributed by atoms with van der Waals surface area (Å²) in [6, 6.07) is 5.61. The molecule has 0 radical (unpaired) electrons. The predicted octanol–water partition coefficient (Wildman–Crippen LogP) is -0.573. The Hall–Kier alpha value is -1.04. The lowest BCUT2D eigenvalue weighted by Crippen LogP contribution is -2.45. The Kier molecular flexibility index (Phi) is 3.71. The van der Waals surface area contributed by atoms with Crippen molar-refractivity contribution in [2.24, 2.45) is 0 Å². The van der Waals surface area contributed by atoms with E-state index in [1.165, 1.54) is 5.69 Å². The Balaban J connectivity index is 2.16. The molecule has 1 aliphatic rings. The molecule has 0 unspecified atom stereocenters. The van der Waals surface area contributed by atoms with Crippen LogP contribution >= 0.6 is 0 Å². The molecule has 2 N–H and O–H groups in total. The van der Waals surface area contributed by atoms with Gasteiger partial charge in [0.25, 0.3) is 0 Å². The van der Waals surface area contributed by atoms with E-state index in [0.29, 0.717) is 5.46 Å². The van der Waals surface area contributed by atoms with E-state index in [9.17, 15) is 0 Å². The highest BCUT2D eigenvalue weighted by atomic mass is 16.4. The lowest BCUT2D eigenvalue weighted by atomic mass is 9.79. The summed E-state index contributed by atoms with van der Waals surface area (Å²) in [5, 5.41) is 18.2. The maximum Gasteiger partial charge on any atom is 0.488 e. The van der Waals surface area contributed by atoms with Gasteiger partial charge in [0.1, 0.15) is 0 Å². The van der Waals surface area contributed by atoms with Crippen LogP contribution in [0.2, 0.25) is 0 Å². The lowest BCUT2D eigenvalue weighted by Gasteiger charge is -2.35. The van der Waals surface area contributed by atoms with Crippen molar-refractivity contribution in [1.82, 2.24) is 4.90 Å². The van der Waals surface area contributed by atoms with Gasteiger partial charge in [-0.15, -0.1) is 0 Å². The molecule has 0 aromatic heterocycles. The predicted molar refractivity (Wildman–Crippen MR) is 70.7 cm³/mol. The first-order chi connectivity index (χ1) is 8.08. The van der Waals surface area contributed by atoms with Crippen LogP contribution in [0.3, 0.4) is 0 Å². The maximum atomic E-state index is 9.12. The van der Waals surface area contributed by atoms with Crippen molar-refractivity contribution in [2.75, 3.05) is 38.1 Å². The molecule has 0 spiro atoms. The van der Waals surface area contributed by atoms with Gasteiger partial charge in [-0.1, -0.05) is 12.1 Å². The number of hydrogen-bond donors (Lipinski definition) is 2. The molecule has 1 aromatic carbocycles. The minimum Gasteiger partial charge on any atom is -0.423 e. The van der Waals surface area contributed by atoms with E-state index in [1.54, 1.807) is 6.07 Å². The molecule has 0 saturated carbocycles. The van der Waals surface area contributed by atoms with Crippen LogP contribution in [0.5, 0.6) is 0 Å². The van der Waals surface area contributed by atoms with Crippen molar-refractivity contribution >= 4 is 18.3 Å². The molecule has 0 amide bonds. The summed E-state index contributed by atoms with van der Waals surface area (Å²) in [6.07, 6.45) is 0. The molecule has 0 aliphatic carbocycles. The van der Waals surface area contributed by atoms with Crippen molar-refractivity contribution < 1.29 is 10.0 Å². The summed E-state index contributed by atoms with van der Waals surface area (Å²) < 4.78 is 0. The summed E-state index contributed by atoms with van der Waals surface area (Å²) in [7, 11) is 0.755. The first kappa shape index (κ1) is 12.4. The van der Waals surface area contributed by atoms with Crippen LogP contribution in [-0.2, 0) is 0 Å². The summed E-state index contributed by atoms with van der Waals surface area (Å²) in [6.45, 7) is 6.21. The molecule has 17 heavy (non-hydrogen) atoms. The Morgan fingerprint density at radius 1 is 1.12 bits per heavy atom. The highest BCUT2D eigenvalue weighted by Crippen LogP contribution is 2.19. The average molecular weight is 234 g/mol. The highest BCUT2D eigenvalue weighted by molar-refractivity contribution is 6.58. The van der Waals surface area contributed by atoms with Crippen molar-refractivity contribution in [2.45, 2.75) is 6.92 Å².